The van der Waals surface area contributed by atoms with E-state index in [1.54, 1.807) is 38.2 Å². The van der Waals surface area contributed by atoms with Gasteiger partial charge in [-0.05, 0) is 49.9 Å². The number of carbonyl (C=O) groups is 4. The minimum Gasteiger partial charge on any atom is -0.465 e. The second kappa shape index (κ2) is 11.2. The van der Waals surface area contributed by atoms with Crippen molar-refractivity contribution < 1.29 is 23.9 Å². The van der Waals surface area contributed by atoms with E-state index < -0.39 is 29.4 Å². The Kier molecular flexibility index (Phi) is 8.16. The number of nitrogens with zero attached hydrogens (tertiary/aromatic N) is 5. The molecule has 4 amide bonds. The maximum Gasteiger partial charge on any atom is 0.332 e. The Bertz CT molecular complexity index is 1340. The van der Waals surface area contributed by atoms with Crippen molar-refractivity contribution in [3.05, 3.63) is 63.6 Å². The molecule has 2 heterocycles. The van der Waals surface area contributed by atoms with Gasteiger partial charge in [0.05, 0.1) is 43.6 Å². The van der Waals surface area contributed by atoms with Crippen LogP contribution in [0.2, 0.25) is 10.0 Å². The highest BCUT2D eigenvalue weighted by Gasteiger charge is 2.65. The summed E-state index contributed by atoms with van der Waals surface area (Å²) in [5, 5.41) is 9.77. The van der Waals surface area contributed by atoms with Gasteiger partial charge in [-0.3, -0.25) is 19.3 Å². The van der Waals surface area contributed by atoms with Crippen LogP contribution in [-0.2, 0) is 19.1 Å². The monoisotopic (exact) mass is 571 g/mol. The summed E-state index contributed by atoms with van der Waals surface area (Å²) in [7, 11) is 3.16. The molecule has 2 fully saturated rings. The molecule has 12 heteroatoms. The molecule has 1 unspecified atom stereocenters. The summed E-state index contributed by atoms with van der Waals surface area (Å²) in [5.41, 5.74) is -0.0568. The van der Waals surface area contributed by atoms with E-state index in [4.69, 9.17) is 27.9 Å². The van der Waals surface area contributed by atoms with E-state index in [9.17, 15) is 24.4 Å². The van der Waals surface area contributed by atoms with Crippen LogP contribution in [0.15, 0.2) is 42.5 Å². The number of ether oxygens (including phenoxy) is 1. The van der Waals surface area contributed by atoms with E-state index in [1.165, 1.54) is 39.9 Å². The number of anilines is 1. The fourth-order valence-electron chi connectivity index (χ4n) is 5.21. The first-order chi connectivity index (χ1) is 18.5. The van der Waals surface area contributed by atoms with Gasteiger partial charge in [-0.25, -0.2) is 9.69 Å². The first kappa shape index (κ1) is 28.4. The molecule has 0 bridgehead atoms. The van der Waals surface area contributed by atoms with Gasteiger partial charge in [-0.15, -0.1) is 0 Å². The summed E-state index contributed by atoms with van der Waals surface area (Å²) < 4.78 is 4.96. The third-order valence-corrected chi connectivity index (χ3v) is 7.51. The summed E-state index contributed by atoms with van der Waals surface area (Å²) >= 11 is 12.3. The Labute approximate surface area is 236 Å². The number of carbonyl (C=O) groups excluding carboxylic acids is 4. The number of esters is 1. The second-order valence-electron chi connectivity index (χ2n) is 9.57. The van der Waals surface area contributed by atoms with Crippen molar-refractivity contribution in [2.45, 2.75) is 18.4 Å². The Morgan fingerprint density at radius 2 is 1.77 bits per heavy atom. The van der Waals surface area contributed by atoms with Gasteiger partial charge in [0.2, 0.25) is 5.91 Å². The van der Waals surface area contributed by atoms with Crippen molar-refractivity contribution in [3.63, 3.8) is 0 Å². The van der Waals surface area contributed by atoms with Crippen LogP contribution >= 0.6 is 23.2 Å². The number of nitriles is 1. The van der Waals surface area contributed by atoms with Crippen molar-refractivity contribution in [1.82, 2.24) is 14.7 Å². The van der Waals surface area contributed by atoms with Crippen LogP contribution in [0.3, 0.4) is 0 Å². The minimum atomic E-state index is -1.42. The van der Waals surface area contributed by atoms with Crippen molar-refractivity contribution in [2.24, 2.45) is 0 Å². The lowest BCUT2D eigenvalue weighted by Gasteiger charge is -2.33. The van der Waals surface area contributed by atoms with Crippen LogP contribution < -0.4 is 4.90 Å². The standard InChI is InChI=1S/C27H27Cl2N5O5/c1-4-39-24(36)15-31(2)14-23(35)33-13-22(18-7-5-17(12-30)6-8-18)27(16-33)25(37)34(26(38)32(27)3)21-10-19(28)9-20(29)11-21/h5-11,22H,4,13-16H2,1-3H3/t22-,27?/m0/s1. The molecule has 0 radical (unpaired) electrons. The first-order valence-electron chi connectivity index (χ1n) is 12.2. The zero-order valence-corrected chi connectivity index (χ0v) is 23.2. The number of halogens is 2. The van der Waals surface area contributed by atoms with Gasteiger partial charge in [-0.1, -0.05) is 35.3 Å². The number of benzene rings is 2. The SMILES string of the molecule is CCOC(=O)CN(C)CC(=O)N1C[C@@H](c2ccc(C#N)cc2)C2(C1)C(=O)N(c1cc(Cl)cc(Cl)c1)C(=O)N2C. The van der Waals surface area contributed by atoms with Crippen molar-refractivity contribution in [3.8, 4) is 6.07 Å². The van der Waals surface area contributed by atoms with Crippen molar-refractivity contribution in [2.75, 3.05) is 51.8 Å². The molecule has 2 aliphatic rings. The molecule has 2 aromatic carbocycles. The molecule has 0 aliphatic carbocycles. The number of likely N-dealkylation sites (tertiary alicyclic amines) is 1. The van der Waals surface area contributed by atoms with Crippen LogP contribution in [0.4, 0.5) is 10.5 Å². The summed E-state index contributed by atoms with van der Waals surface area (Å²) in [4.78, 5) is 58.5. The average Bonchev–Trinajstić information content (AvgIpc) is 3.37. The molecule has 2 aliphatic heterocycles. The summed E-state index contributed by atoms with van der Waals surface area (Å²) in [5.74, 6) is -1.87. The van der Waals surface area contributed by atoms with E-state index >= 15 is 0 Å². The van der Waals surface area contributed by atoms with Gasteiger partial charge >= 0.3 is 12.0 Å². The largest absolute Gasteiger partial charge is 0.465 e. The third kappa shape index (κ3) is 5.30. The van der Waals surface area contributed by atoms with Crippen molar-refractivity contribution in [1.29, 1.82) is 5.26 Å². The second-order valence-corrected chi connectivity index (χ2v) is 10.4. The molecule has 2 saturated heterocycles. The quantitative estimate of drug-likeness (QED) is 0.370. The topological polar surface area (TPSA) is 114 Å². The molecule has 0 N–H and O–H groups in total. The molecule has 4 rings (SSSR count). The van der Waals surface area contributed by atoms with Gasteiger partial charge in [0.1, 0.15) is 5.54 Å². The number of hydrogen-bond acceptors (Lipinski definition) is 7. The van der Waals surface area contributed by atoms with Gasteiger partial charge < -0.3 is 14.5 Å². The molecule has 39 heavy (non-hydrogen) atoms. The number of rotatable bonds is 7. The minimum absolute atomic E-state index is 0.0599. The van der Waals surface area contributed by atoms with Gasteiger partial charge in [0.15, 0.2) is 0 Å². The smallest absolute Gasteiger partial charge is 0.332 e. The third-order valence-electron chi connectivity index (χ3n) is 7.07. The van der Waals surface area contributed by atoms with E-state index in [0.29, 0.717) is 11.1 Å². The molecule has 2 atom stereocenters. The summed E-state index contributed by atoms with van der Waals surface area (Å²) in [6.45, 7) is 1.86. The van der Waals surface area contributed by atoms with E-state index in [0.717, 1.165) is 4.90 Å². The lowest BCUT2D eigenvalue weighted by atomic mass is 9.80. The lowest BCUT2D eigenvalue weighted by Crippen LogP contribution is -2.54. The Morgan fingerprint density at radius 3 is 2.36 bits per heavy atom. The zero-order chi connectivity index (χ0) is 28.5. The van der Waals surface area contributed by atoms with Gasteiger partial charge in [-0.2, -0.15) is 5.26 Å². The molecular weight excluding hydrogens is 545 g/mol. The normalized spacial score (nSPS) is 20.7. The number of hydrogen-bond donors (Lipinski definition) is 0. The average molecular weight is 572 g/mol. The van der Waals surface area contributed by atoms with Crippen LogP contribution in [-0.4, -0.2) is 90.9 Å². The number of amides is 4. The Hall–Kier alpha value is -3.65. The predicted octanol–water partition coefficient (Wildman–Crippen LogP) is 3.12. The number of imide groups is 1. The van der Waals surface area contributed by atoms with Gasteiger partial charge in [0.25, 0.3) is 5.91 Å². The maximum absolute atomic E-state index is 14.2. The fraction of sp³-hybridized carbons (Fsp3) is 0.370. The van der Waals surface area contributed by atoms with E-state index in [2.05, 4.69) is 6.07 Å². The molecule has 0 saturated carbocycles. The van der Waals surface area contributed by atoms with Crippen LogP contribution in [0.25, 0.3) is 0 Å². The molecule has 1 spiro atoms. The predicted molar refractivity (Wildman–Crippen MR) is 144 cm³/mol. The zero-order valence-electron chi connectivity index (χ0n) is 21.7. The summed E-state index contributed by atoms with van der Waals surface area (Å²) in [6.07, 6.45) is 0. The molecular formula is C27H27Cl2N5O5. The Morgan fingerprint density at radius 1 is 1.13 bits per heavy atom. The molecule has 204 valence electrons. The number of urea groups is 1. The van der Waals surface area contributed by atoms with E-state index in [1.807, 2.05) is 0 Å². The molecule has 2 aromatic rings. The highest BCUT2D eigenvalue weighted by molar-refractivity contribution is 6.35. The highest BCUT2D eigenvalue weighted by Crippen LogP contribution is 2.46. The Balaban J connectivity index is 1.71. The van der Waals surface area contributed by atoms with Gasteiger partial charge in [0, 0.05) is 29.6 Å². The highest BCUT2D eigenvalue weighted by atomic mass is 35.5. The maximum atomic E-state index is 14.2. The lowest BCUT2D eigenvalue weighted by molar-refractivity contribution is -0.144. The van der Waals surface area contributed by atoms with Crippen LogP contribution in [0, 0.1) is 11.3 Å². The molecule has 0 aromatic heterocycles. The fourth-order valence-corrected chi connectivity index (χ4v) is 5.72. The van der Waals surface area contributed by atoms with E-state index in [-0.39, 0.29) is 54.4 Å². The number of likely N-dealkylation sites (N-methyl/N-ethyl adjacent to an activating group) is 2. The summed E-state index contributed by atoms with van der Waals surface area (Å²) in [6, 6.07) is 12.7. The van der Waals surface area contributed by atoms with Crippen molar-refractivity contribution >= 4 is 52.7 Å². The van der Waals surface area contributed by atoms with Crippen LogP contribution in [0.1, 0.15) is 24.0 Å². The van der Waals surface area contributed by atoms with Crippen LogP contribution in [0.5, 0.6) is 0 Å². The first-order valence-corrected chi connectivity index (χ1v) is 13.0. The molecule has 10 nitrogen and oxygen atoms in total.